The number of nitrogens with zero attached hydrogens (tertiary/aromatic N) is 3. The molecule has 0 atom stereocenters. The molecule has 32 heavy (non-hydrogen) atoms. The number of benzene rings is 2. The molecule has 1 fully saturated rings. The van der Waals surface area contributed by atoms with E-state index in [0.29, 0.717) is 27.1 Å². The van der Waals surface area contributed by atoms with Gasteiger partial charge in [0.15, 0.2) is 5.69 Å². The van der Waals surface area contributed by atoms with Gasteiger partial charge in [0.2, 0.25) is 0 Å². The van der Waals surface area contributed by atoms with E-state index in [1.807, 2.05) is 23.2 Å². The molecule has 0 spiro atoms. The molecule has 2 aromatic carbocycles. The largest absolute Gasteiger partial charge is 0.399 e. The quantitative estimate of drug-likeness (QED) is 0.526. The second-order valence-corrected chi connectivity index (χ2v) is 9.29. The Labute approximate surface area is 197 Å². The highest BCUT2D eigenvalue weighted by molar-refractivity contribution is 6.35. The van der Waals surface area contributed by atoms with E-state index in [2.05, 4.69) is 11.5 Å². The molecule has 0 radical (unpaired) electrons. The topological polar surface area (TPSA) is 76.2 Å². The van der Waals surface area contributed by atoms with Gasteiger partial charge in [-0.05, 0) is 68.0 Å². The Morgan fingerprint density at radius 2 is 1.81 bits per heavy atom. The maximum atomic E-state index is 13.4. The van der Waals surface area contributed by atoms with Crippen LogP contribution in [-0.2, 0) is 12.8 Å². The number of nitrogen functional groups attached to an aromatic ring is 1. The third-order valence-corrected chi connectivity index (χ3v) is 6.75. The molecule has 8 heteroatoms. The Balaban J connectivity index is 1.67. The Bertz CT molecular complexity index is 1180. The number of hydrogen-bond donors (Lipinski definition) is 2. The minimum atomic E-state index is -0.181. The van der Waals surface area contributed by atoms with Crippen LogP contribution in [0.2, 0.25) is 10.0 Å². The fraction of sp³-hybridized carbons (Fsp3) is 0.333. The van der Waals surface area contributed by atoms with Gasteiger partial charge >= 0.3 is 0 Å². The normalized spacial score (nSPS) is 16.2. The number of fused-ring (bicyclic) bond motifs is 3. The number of rotatable bonds is 3. The highest BCUT2D eigenvalue weighted by Gasteiger charge is 2.29. The lowest BCUT2D eigenvalue weighted by Crippen LogP contribution is -2.45. The van der Waals surface area contributed by atoms with Gasteiger partial charge < -0.3 is 5.73 Å². The lowest BCUT2D eigenvalue weighted by molar-refractivity contribution is 0.0743. The number of amides is 1. The van der Waals surface area contributed by atoms with Crippen LogP contribution in [0.15, 0.2) is 36.4 Å². The van der Waals surface area contributed by atoms with Crippen LogP contribution in [0.5, 0.6) is 0 Å². The van der Waals surface area contributed by atoms with E-state index in [9.17, 15) is 4.79 Å². The van der Waals surface area contributed by atoms with Crippen molar-refractivity contribution in [1.29, 1.82) is 0 Å². The number of hydrogen-bond acceptors (Lipinski definition) is 4. The van der Waals surface area contributed by atoms with Crippen molar-refractivity contribution in [3.05, 3.63) is 63.3 Å². The van der Waals surface area contributed by atoms with Gasteiger partial charge in [-0.1, -0.05) is 35.7 Å². The van der Waals surface area contributed by atoms with Crippen LogP contribution in [0, 0.1) is 0 Å². The molecule has 3 N–H and O–H groups in total. The fourth-order valence-corrected chi connectivity index (χ4v) is 5.15. The minimum absolute atomic E-state index is 0.181. The number of halogens is 2. The van der Waals surface area contributed by atoms with E-state index >= 15 is 0 Å². The standard InChI is InChI=1S/C24H25Cl2N5O/c25-16-8-10-21(20(26)13-16)31-23-18(6-4-5-15-7-9-17(27)14-19(15)23)22(28-31)24(32)29-30-11-2-1-3-12-30/h7-10,13-14H,1-6,11-12,27H2,(H,29,32). The summed E-state index contributed by atoms with van der Waals surface area (Å²) in [4.78, 5) is 13.4. The molecule has 2 heterocycles. The molecule has 5 rings (SSSR count). The van der Waals surface area contributed by atoms with Crippen molar-refractivity contribution >= 4 is 34.8 Å². The number of carbonyl (C=O) groups excluding carboxylic acids is 1. The predicted molar refractivity (Wildman–Crippen MR) is 128 cm³/mol. The number of carbonyl (C=O) groups is 1. The summed E-state index contributed by atoms with van der Waals surface area (Å²) >= 11 is 12.7. The summed E-state index contributed by atoms with van der Waals surface area (Å²) in [5.74, 6) is -0.181. The summed E-state index contributed by atoms with van der Waals surface area (Å²) in [5, 5.41) is 7.81. The Morgan fingerprint density at radius 1 is 1.00 bits per heavy atom. The molecule has 0 unspecified atom stereocenters. The summed E-state index contributed by atoms with van der Waals surface area (Å²) in [5.41, 5.74) is 15.0. The molecule has 0 bridgehead atoms. The zero-order valence-corrected chi connectivity index (χ0v) is 19.2. The molecule has 3 aromatic rings. The van der Waals surface area contributed by atoms with E-state index in [1.165, 1.54) is 12.0 Å². The zero-order chi connectivity index (χ0) is 22.2. The number of aromatic nitrogens is 2. The van der Waals surface area contributed by atoms with Crippen LogP contribution in [0.1, 0.15) is 47.3 Å². The van der Waals surface area contributed by atoms with E-state index in [-0.39, 0.29) is 5.91 Å². The predicted octanol–water partition coefficient (Wildman–Crippen LogP) is 5.05. The maximum absolute atomic E-state index is 13.4. The number of hydrazine groups is 1. The number of nitrogens with one attached hydrogen (secondary N) is 1. The number of anilines is 1. The molecule has 1 amide bonds. The average Bonchev–Trinajstić information content (AvgIpc) is 3.04. The van der Waals surface area contributed by atoms with Gasteiger partial charge in [0, 0.05) is 34.9 Å². The fourth-order valence-electron chi connectivity index (χ4n) is 4.66. The average molecular weight is 470 g/mol. The molecule has 0 saturated carbocycles. The van der Waals surface area contributed by atoms with Crippen LogP contribution in [-0.4, -0.2) is 33.8 Å². The first-order valence-corrected chi connectivity index (χ1v) is 11.8. The van der Waals surface area contributed by atoms with Gasteiger partial charge in [-0.25, -0.2) is 9.69 Å². The number of piperidine rings is 1. The van der Waals surface area contributed by atoms with Gasteiger partial charge in [-0.3, -0.25) is 10.2 Å². The van der Waals surface area contributed by atoms with Crippen molar-refractivity contribution in [2.45, 2.75) is 38.5 Å². The van der Waals surface area contributed by atoms with E-state index in [0.717, 1.165) is 62.0 Å². The van der Waals surface area contributed by atoms with Crippen molar-refractivity contribution < 1.29 is 4.79 Å². The summed E-state index contributed by atoms with van der Waals surface area (Å²) in [6.07, 6.45) is 5.95. The van der Waals surface area contributed by atoms with Crippen LogP contribution < -0.4 is 11.2 Å². The summed E-state index contributed by atoms with van der Waals surface area (Å²) in [6, 6.07) is 11.3. The third kappa shape index (κ3) is 3.98. The minimum Gasteiger partial charge on any atom is -0.399 e. The first-order valence-electron chi connectivity index (χ1n) is 11.0. The smallest absolute Gasteiger partial charge is 0.286 e. The molecule has 1 saturated heterocycles. The van der Waals surface area contributed by atoms with E-state index in [4.69, 9.17) is 34.0 Å². The van der Waals surface area contributed by atoms with Gasteiger partial charge in [0.1, 0.15) is 0 Å². The molecule has 2 aliphatic rings. The number of aryl methyl sites for hydroxylation is 1. The van der Waals surface area contributed by atoms with E-state index < -0.39 is 0 Å². The Morgan fingerprint density at radius 3 is 2.59 bits per heavy atom. The van der Waals surface area contributed by atoms with Crippen molar-refractivity contribution in [2.24, 2.45) is 0 Å². The summed E-state index contributed by atoms with van der Waals surface area (Å²) in [7, 11) is 0. The Kier molecular flexibility index (Phi) is 5.84. The third-order valence-electron chi connectivity index (χ3n) is 6.21. The van der Waals surface area contributed by atoms with Crippen LogP contribution >= 0.6 is 23.2 Å². The zero-order valence-electron chi connectivity index (χ0n) is 17.7. The molecule has 166 valence electrons. The van der Waals surface area contributed by atoms with Crippen molar-refractivity contribution in [2.75, 3.05) is 18.8 Å². The van der Waals surface area contributed by atoms with Gasteiger partial charge in [-0.2, -0.15) is 5.10 Å². The molecular weight excluding hydrogens is 445 g/mol. The lowest BCUT2D eigenvalue weighted by atomic mass is 10.0. The number of nitrogens with two attached hydrogens (primary N) is 1. The van der Waals surface area contributed by atoms with Gasteiger partial charge in [-0.15, -0.1) is 0 Å². The molecule has 1 aromatic heterocycles. The molecular formula is C24H25Cl2N5O. The maximum Gasteiger partial charge on any atom is 0.286 e. The summed E-state index contributed by atoms with van der Waals surface area (Å²) in [6.45, 7) is 1.72. The molecule has 1 aliphatic carbocycles. The van der Waals surface area contributed by atoms with Crippen LogP contribution in [0.4, 0.5) is 5.69 Å². The highest BCUT2D eigenvalue weighted by atomic mass is 35.5. The van der Waals surface area contributed by atoms with E-state index in [1.54, 1.807) is 16.8 Å². The monoisotopic (exact) mass is 469 g/mol. The molecule has 6 nitrogen and oxygen atoms in total. The summed E-state index contributed by atoms with van der Waals surface area (Å²) < 4.78 is 1.78. The first-order chi connectivity index (χ1) is 15.5. The Hall–Kier alpha value is -2.54. The van der Waals surface area contributed by atoms with Gasteiger partial charge in [0.25, 0.3) is 5.91 Å². The van der Waals surface area contributed by atoms with Crippen molar-refractivity contribution in [3.63, 3.8) is 0 Å². The lowest BCUT2D eigenvalue weighted by Gasteiger charge is -2.26. The van der Waals surface area contributed by atoms with Crippen LogP contribution in [0.3, 0.4) is 0 Å². The highest BCUT2D eigenvalue weighted by Crippen LogP contribution is 2.38. The SMILES string of the molecule is Nc1ccc2c(c1)-c1c(c(C(=O)NN3CCCCC3)nn1-c1ccc(Cl)cc1Cl)CCC2. The van der Waals surface area contributed by atoms with Crippen LogP contribution in [0.25, 0.3) is 16.9 Å². The molecule has 1 aliphatic heterocycles. The van der Waals surface area contributed by atoms with Crippen molar-refractivity contribution in [1.82, 2.24) is 20.2 Å². The van der Waals surface area contributed by atoms with Gasteiger partial charge in [0.05, 0.1) is 16.4 Å². The second-order valence-electron chi connectivity index (χ2n) is 8.44. The second kappa shape index (κ2) is 8.77. The first kappa shape index (κ1) is 21.3. The van der Waals surface area contributed by atoms with Crippen molar-refractivity contribution in [3.8, 4) is 16.9 Å².